The Bertz CT molecular complexity index is 2360. The van der Waals surface area contributed by atoms with E-state index in [4.69, 9.17) is 8.83 Å². The maximum Gasteiger partial charge on any atom is 0.289 e. The van der Waals surface area contributed by atoms with Gasteiger partial charge in [0.15, 0.2) is 11.5 Å². The fourth-order valence-corrected chi connectivity index (χ4v) is 8.11. The highest BCUT2D eigenvalue weighted by atomic mass is 16.4. The average molecular weight is 761 g/mol. The first-order valence-electron chi connectivity index (χ1n) is 19.3. The monoisotopic (exact) mass is 760 g/mol. The van der Waals surface area contributed by atoms with Gasteiger partial charge in [0.2, 0.25) is 11.8 Å². The number of aromatic nitrogens is 2. The third-order valence-corrected chi connectivity index (χ3v) is 10.9. The number of fused-ring (bicyclic) bond motifs is 2. The summed E-state index contributed by atoms with van der Waals surface area (Å²) in [6.45, 7) is 1.17. The molecule has 7 aromatic rings. The van der Waals surface area contributed by atoms with Gasteiger partial charge in [-0.1, -0.05) is 60.7 Å². The fraction of sp³-hybridized carbons (Fsp3) is 0.222. The Hall–Kier alpha value is -6.95. The lowest BCUT2D eigenvalue weighted by Crippen LogP contribution is -2.37. The molecule has 286 valence electrons. The number of hydrogen-bond acceptors (Lipinski definition) is 7. The summed E-state index contributed by atoms with van der Waals surface area (Å²) >= 11 is 0. The maximum atomic E-state index is 13.3. The number of H-pyrrole nitrogens is 1. The molecule has 2 aliphatic rings. The smallest absolute Gasteiger partial charge is 0.289 e. The van der Waals surface area contributed by atoms with Crippen LogP contribution in [0.15, 0.2) is 124 Å². The molecule has 0 saturated carbocycles. The molecule has 0 unspecified atom stereocenters. The third-order valence-electron chi connectivity index (χ3n) is 10.9. The van der Waals surface area contributed by atoms with Gasteiger partial charge in [-0.05, 0) is 74.2 Å². The SMILES string of the molecule is O=C(C[C@@H]1CCCN1C(=O)c1cc2ccccc2o1)Nc1ccc(-c2nc[nH]c2-c2ccc(NC(=O)C[C@@H]3CCCN3C(=O)c3cc4ccccc4o3)cc2)cc1. The average Bonchev–Trinajstić information content (AvgIpc) is 4.08. The molecule has 0 bridgehead atoms. The van der Waals surface area contributed by atoms with Crippen LogP contribution in [0.4, 0.5) is 11.4 Å². The number of carbonyl (C=O) groups is 4. The highest BCUT2D eigenvalue weighted by molar-refractivity contribution is 5.99. The Morgan fingerprint density at radius 3 is 1.60 bits per heavy atom. The van der Waals surface area contributed by atoms with Crippen molar-refractivity contribution in [2.24, 2.45) is 0 Å². The van der Waals surface area contributed by atoms with Crippen molar-refractivity contribution >= 4 is 56.9 Å². The molecule has 0 spiro atoms. The summed E-state index contributed by atoms with van der Waals surface area (Å²) in [5, 5.41) is 7.72. The van der Waals surface area contributed by atoms with Crippen molar-refractivity contribution in [1.29, 1.82) is 0 Å². The van der Waals surface area contributed by atoms with Gasteiger partial charge in [-0.25, -0.2) is 4.98 Å². The van der Waals surface area contributed by atoms with E-state index in [1.165, 1.54) is 0 Å². The van der Waals surface area contributed by atoms with E-state index in [9.17, 15) is 19.2 Å². The van der Waals surface area contributed by atoms with Crippen molar-refractivity contribution in [3.8, 4) is 22.5 Å². The lowest BCUT2D eigenvalue weighted by atomic mass is 10.0. The van der Waals surface area contributed by atoms with E-state index >= 15 is 0 Å². The number of nitrogens with one attached hydrogen (secondary N) is 3. The van der Waals surface area contributed by atoms with Crippen LogP contribution in [0, 0.1) is 0 Å². The van der Waals surface area contributed by atoms with Gasteiger partial charge in [0, 0.05) is 71.3 Å². The van der Waals surface area contributed by atoms with Crippen LogP contribution in [0.2, 0.25) is 0 Å². The highest BCUT2D eigenvalue weighted by Crippen LogP contribution is 2.32. The Labute approximate surface area is 327 Å². The second kappa shape index (κ2) is 15.3. The van der Waals surface area contributed by atoms with Crippen LogP contribution in [0.1, 0.15) is 59.6 Å². The molecule has 3 N–H and O–H groups in total. The number of para-hydroxylation sites is 2. The van der Waals surface area contributed by atoms with Gasteiger partial charge >= 0.3 is 0 Å². The topological polar surface area (TPSA) is 154 Å². The van der Waals surface area contributed by atoms with Gasteiger partial charge < -0.3 is 34.3 Å². The van der Waals surface area contributed by atoms with Gasteiger partial charge in [-0.3, -0.25) is 19.2 Å². The summed E-state index contributed by atoms with van der Waals surface area (Å²) < 4.78 is 11.6. The summed E-state index contributed by atoms with van der Waals surface area (Å²) in [6, 6.07) is 33.2. The van der Waals surface area contributed by atoms with Gasteiger partial charge in [-0.2, -0.15) is 0 Å². The van der Waals surface area contributed by atoms with E-state index < -0.39 is 0 Å². The molecule has 2 fully saturated rings. The number of imidazole rings is 1. The first-order chi connectivity index (χ1) is 27.9. The van der Waals surface area contributed by atoms with Crippen molar-refractivity contribution in [2.45, 2.75) is 50.6 Å². The summed E-state index contributed by atoms with van der Waals surface area (Å²) in [6.07, 6.45) is 5.18. The number of furan rings is 2. The summed E-state index contributed by atoms with van der Waals surface area (Å²) in [7, 11) is 0. The number of anilines is 2. The summed E-state index contributed by atoms with van der Waals surface area (Å²) in [4.78, 5) is 64.2. The zero-order valence-corrected chi connectivity index (χ0v) is 31.1. The predicted molar refractivity (Wildman–Crippen MR) is 216 cm³/mol. The van der Waals surface area contributed by atoms with Gasteiger partial charge in [-0.15, -0.1) is 0 Å². The zero-order chi connectivity index (χ0) is 38.9. The maximum absolute atomic E-state index is 13.3. The first-order valence-corrected chi connectivity index (χ1v) is 19.3. The van der Waals surface area contributed by atoms with Gasteiger partial charge in [0.25, 0.3) is 11.8 Å². The lowest BCUT2D eigenvalue weighted by molar-refractivity contribution is -0.117. The molecule has 12 nitrogen and oxygen atoms in total. The summed E-state index contributed by atoms with van der Waals surface area (Å²) in [5.74, 6) is -0.137. The number of nitrogens with zero attached hydrogens (tertiary/aromatic N) is 3. The van der Waals surface area contributed by atoms with Crippen molar-refractivity contribution in [3.63, 3.8) is 0 Å². The molecule has 2 saturated heterocycles. The molecule has 57 heavy (non-hydrogen) atoms. The normalized spacial score (nSPS) is 16.7. The predicted octanol–water partition coefficient (Wildman–Crippen LogP) is 8.50. The van der Waals surface area contributed by atoms with Crippen LogP contribution in [-0.4, -0.2) is 68.6 Å². The van der Waals surface area contributed by atoms with E-state index in [1.807, 2.05) is 97.1 Å². The lowest BCUT2D eigenvalue weighted by Gasteiger charge is -2.23. The van der Waals surface area contributed by atoms with Gasteiger partial charge in [0.1, 0.15) is 11.2 Å². The fourth-order valence-electron chi connectivity index (χ4n) is 8.11. The zero-order valence-electron chi connectivity index (χ0n) is 31.1. The minimum absolute atomic E-state index is 0.164. The molecule has 0 radical (unpaired) electrons. The summed E-state index contributed by atoms with van der Waals surface area (Å²) in [5.41, 5.74) is 5.92. The molecule has 3 aromatic heterocycles. The minimum Gasteiger partial charge on any atom is -0.451 e. The number of hydrogen-bond donors (Lipinski definition) is 3. The number of likely N-dealkylation sites (tertiary alicyclic amines) is 2. The molecule has 4 aromatic carbocycles. The Balaban J connectivity index is 0.791. The van der Waals surface area contributed by atoms with Crippen molar-refractivity contribution in [1.82, 2.24) is 19.8 Å². The molecule has 4 amide bonds. The number of amides is 4. The molecule has 5 heterocycles. The quantitative estimate of drug-likeness (QED) is 0.126. The van der Waals surface area contributed by atoms with Crippen molar-refractivity contribution < 1.29 is 28.0 Å². The Kier molecular flexibility index (Phi) is 9.59. The van der Waals surface area contributed by atoms with Crippen LogP contribution in [0.5, 0.6) is 0 Å². The van der Waals surface area contributed by atoms with Crippen LogP contribution in [0.25, 0.3) is 44.5 Å². The van der Waals surface area contributed by atoms with E-state index in [2.05, 4.69) is 20.6 Å². The molecule has 9 rings (SSSR count). The van der Waals surface area contributed by atoms with E-state index in [0.29, 0.717) is 35.6 Å². The van der Waals surface area contributed by atoms with E-state index in [1.54, 1.807) is 28.3 Å². The standard InChI is InChI=1S/C45H40N6O6/c52-40(25-34-9-5-21-50(34)44(54)38-23-30-7-1-3-11-36(30)56-38)48-32-17-13-28(14-18-32)42-43(47-27-46-42)29-15-19-33(20-16-29)49-41(53)26-35-10-6-22-51(35)45(55)39-24-31-8-2-4-12-37(31)57-39/h1-4,7-8,11-20,23-24,27,34-35H,5-6,9-10,21-22,25-26H2,(H,46,47)(H,48,52)(H,49,53)/t34-,35-/m0/s1. The Morgan fingerprint density at radius 1 is 0.632 bits per heavy atom. The Morgan fingerprint density at radius 2 is 1.11 bits per heavy atom. The highest BCUT2D eigenvalue weighted by Gasteiger charge is 2.34. The van der Waals surface area contributed by atoms with Crippen LogP contribution < -0.4 is 10.6 Å². The van der Waals surface area contributed by atoms with Crippen LogP contribution in [0.3, 0.4) is 0 Å². The van der Waals surface area contributed by atoms with Crippen molar-refractivity contribution in [3.05, 3.63) is 127 Å². The second-order valence-electron chi connectivity index (χ2n) is 14.7. The molecule has 2 aliphatic heterocycles. The van der Waals surface area contributed by atoms with Crippen LogP contribution in [-0.2, 0) is 9.59 Å². The number of benzene rings is 4. The van der Waals surface area contributed by atoms with Crippen LogP contribution >= 0.6 is 0 Å². The van der Waals surface area contributed by atoms with E-state index in [-0.39, 0.29) is 60.1 Å². The second-order valence-corrected chi connectivity index (χ2v) is 14.7. The number of carbonyl (C=O) groups excluding carboxylic acids is 4. The first kappa shape index (κ1) is 35.7. The molecule has 0 aliphatic carbocycles. The molecule has 2 atom stereocenters. The van der Waals surface area contributed by atoms with Gasteiger partial charge in [0.05, 0.1) is 17.7 Å². The van der Waals surface area contributed by atoms with Crippen molar-refractivity contribution in [2.75, 3.05) is 23.7 Å². The minimum atomic E-state index is -0.209. The van der Waals surface area contributed by atoms with E-state index in [0.717, 1.165) is 59.0 Å². The molecule has 12 heteroatoms. The molecular formula is C45H40N6O6. The largest absolute Gasteiger partial charge is 0.451 e. The number of rotatable bonds is 10. The third kappa shape index (κ3) is 7.41. The number of aromatic amines is 1. The molecular weight excluding hydrogens is 721 g/mol.